The van der Waals surface area contributed by atoms with Crippen LogP contribution in [0.5, 0.6) is 0 Å². The van der Waals surface area contributed by atoms with Gasteiger partial charge in [-0.1, -0.05) is 208 Å². The van der Waals surface area contributed by atoms with E-state index in [2.05, 4.69) is 278 Å². The summed E-state index contributed by atoms with van der Waals surface area (Å²) in [5.74, 6) is 0. The molecule has 64 heavy (non-hydrogen) atoms. The molecule has 0 saturated carbocycles. The molecule has 10 aromatic rings. The van der Waals surface area contributed by atoms with E-state index in [0.29, 0.717) is 0 Å². The van der Waals surface area contributed by atoms with E-state index < -0.39 is 8.07 Å². The van der Waals surface area contributed by atoms with Crippen LogP contribution in [0.3, 0.4) is 0 Å². The van der Waals surface area contributed by atoms with Crippen molar-refractivity contribution in [2.45, 2.75) is 19.3 Å². The Morgan fingerprint density at radius 3 is 1.34 bits per heavy atom. The average Bonchev–Trinajstić information content (AvgIpc) is 3.60. The molecule has 2 nitrogen and oxygen atoms in total. The van der Waals surface area contributed by atoms with Gasteiger partial charge in [0.05, 0.1) is 11.4 Å². The van der Waals surface area contributed by atoms with Crippen molar-refractivity contribution in [2.75, 3.05) is 9.80 Å². The zero-order valence-corrected chi connectivity index (χ0v) is 37.1. The minimum absolute atomic E-state index is 0.125. The summed E-state index contributed by atoms with van der Waals surface area (Å²) in [4.78, 5) is 4.92. The van der Waals surface area contributed by atoms with Gasteiger partial charge in [-0.25, -0.2) is 0 Å². The molecular weight excluding hydrogens is 789 g/mol. The Labute approximate surface area is 378 Å². The Balaban J connectivity index is 1.17. The minimum Gasteiger partial charge on any atom is -0.310 e. The number of hydrogen-bond acceptors (Lipinski definition) is 2. The summed E-state index contributed by atoms with van der Waals surface area (Å²) in [5, 5.41) is 7.70. The summed E-state index contributed by atoms with van der Waals surface area (Å²) in [7, 11) is -3.07. The van der Waals surface area contributed by atoms with Crippen LogP contribution in [-0.4, -0.2) is 8.07 Å². The molecule has 0 atom stereocenters. The number of rotatable bonds is 10. The molecule has 0 amide bonds. The van der Waals surface area contributed by atoms with Crippen LogP contribution in [-0.2, 0) is 5.41 Å². The first-order chi connectivity index (χ1) is 31.5. The van der Waals surface area contributed by atoms with Gasteiger partial charge < -0.3 is 9.80 Å². The zero-order valence-electron chi connectivity index (χ0n) is 36.1. The van der Waals surface area contributed by atoms with E-state index >= 15 is 0 Å². The fourth-order valence-corrected chi connectivity index (χ4v) is 15.3. The fraction of sp³-hybridized carbons (Fsp3) is 0.0492. The van der Waals surface area contributed by atoms with E-state index in [0.717, 1.165) is 28.4 Å². The Morgan fingerprint density at radius 2 is 0.734 bits per heavy atom. The largest absolute Gasteiger partial charge is 0.310 e. The van der Waals surface area contributed by atoms with E-state index in [9.17, 15) is 0 Å². The van der Waals surface area contributed by atoms with Crippen molar-refractivity contribution in [1.82, 2.24) is 0 Å². The molecule has 1 aliphatic rings. The molecule has 0 heterocycles. The molecule has 0 bridgehead atoms. The van der Waals surface area contributed by atoms with Crippen LogP contribution in [0.25, 0.3) is 21.9 Å². The van der Waals surface area contributed by atoms with Crippen molar-refractivity contribution < 1.29 is 0 Å². The van der Waals surface area contributed by atoms with Crippen LogP contribution in [0, 0.1) is 0 Å². The zero-order chi connectivity index (χ0) is 43.1. The Kier molecular flexibility index (Phi) is 9.91. The Bertz CT molecular complexity index is 3210. The van der Waals surface area contributed by atoms with E-state index in [1.165, 1.54) is 59.5 Å². The lowest BCUT2D eigenvalue weighted by Gasteiger charge is -2.36. The highest BCUT2D eigenvalue weighted by molar-refractivity contribution is 7.20. The molecule has 306 valence electrons. The molecule has 0 spiro atoms. The summed E-state index contributed by atoms with van der Waals surface area (Å²) in [5.41, 5.74) is 12.0. The molecule has 0 unspecified atom stereocenters. The third kappa shape index (κ3) is 6.47. The fourth-order valence-electron chi connectivity index (χ4n) is 10.5. The smallest absolute Gasteiger partial charge is 0.179 e. The molecule has 3 heteroatoms. The second-order valence-electron chi connectivity index (χ2n) is 17.3. The van der Waals surface area contributed by atoms with Crippen LogP contribution < -0.4 is 30.5 Å². The van der Waals surface area contributed by atoms with Gasteiger partial charge >= 0.3 is 0 Å². The van der Waals surface area contributed by atoms with Gasteiger partial charge in [0.1, 0.15) is 0 Å². The number of fused-ring (bicyclic) bond motifs is 4. The number of nitrogens with zero attached hydrogens (tertiary/aromatic N) is 2. The van der Waals surface area contributed by atoms with E-state index in [-0.39, 0.29) is 5.41 Å². The lowest BCUT2D eigenvalue weighted by molar-refractivity contribution is 0.660. The van der Waals surface area contributed by atoms with Gasteiger partial charge in [0.15, 0.2) is 8.07 Å². The molecular formula is C61H48N2Si. The molecule has 0 aliphatic heterocycles. The second kappa shape index (κ2) is 16.2. The molecule has 0 fully saturated rings. The van der Waals surface area contributed by atoms with Crippen molar-refractivity contribution in [3.63, 3.8) is 0 Å². The van der Waals surface area contributed by atoms with E-state index in [1.54, 1.807) is 0 Å². The maximum absolute atomic E-state index is 3.07. The van der Waals surface area contributed by atoms with Crippen molar-refractivity contribution in [1.29, 1.82) is 0 Å². The van der Waals surface area contributed by atoms with E-state index in [1.807, 2.05) is 0 Å². The maximum Gasteiger partial charge on any atom is 0.179 e. The predicted octanol–water partition coefficient (Wildman–Crippen LogP) is 13.5. The third-order valence-electron chi connectivity index (χ3n) is 13.4. The number of anilines is 6. The van der Waals surface area contributed by atoms with Gasteiger partial charge in [0.25, 0.3) is 0 Å². The SMILES string of the molecule is CC1(C)c2ccccc2-c2c(N(c3ccccc3)c3cccc([Si](c4ccccc4)(c4ccccc4)c4cccc(N(c5ccccc5)c5cccc6ccccc56)c4)c3)cccc21. The van der Waals surface area contributed by atoms with Gasteiger partial charge in [-0.2, -0.15) is 0 Å². The monoisotopic (exact) mass is 836 g/mol. The van der Waals surface area contributed by atoms with Gasteiger partial charge in [0, 0.05) is 39.1 Å². The van der Waals surface area contributed by atoms with Crippen molar-refractivity contribution in [3.05, 3.63) is 266 Å². The number of para-hydroxylation sites is 2. The van der Waals surface area contributed by atoms with Crippen LogP contribution >= 0.6 is 0 Å². The first kappa shape index (κ1) is 39.1. The second-order valence-corrected chi connectivity index (χ2v) is 21.1. The number of hydrogen-bond donors (Lipinski definition) is 0. The average molecular weight is 837 g/mol. The van der Waals surface area contributed by atoms with Gasteiger partial charge in [0.2, 0.25) is 0 Å². The molecule has 11 rings (SSSR count). The number of benzene rings is 10. The highest BCUT2D eigenvalue weighted by atomic mass is 28.3. The quantitative estimate of drug-likeness (QED) is 0.100. The molecule has 0 radical (unpaired) electrons. The maximum atomic E-state index is 2.50. The van der Waals surface area contributed by atoms with Gasteiger partial charge in [-0.3, -0.25) is 0 Å². The highest BCUT2D eigenvalue weighted by Crippen LogP contribution is 2.54. The van der Waals surface area contributed by atoms with Crippen LogP contribution in [0.2, 0.25) is 0 Å². The summed E-state index contributed by atoms with van der Waals surface area (Å²) < 4.78 is 0. The van der Waals surface area contributed by atoms with Crippen LogP contribution in [0.15, 0.2) is 255 Å². The topological polar surface area (TPSA) is 6.48 Å². The van der Waals surface area contributed by atoms with Crippen molar-refractivity contribution in [3.8, 4) is 11.1 Å². The summed E-state index contributed by atoms with van der Waals surface area (Å²) in [6.07, 6.45) is 0. The molecule has 0 N–H and O–H groups in total. The minimum atomic E-state index is -3.07. The first-order valence-corrected chi connectivity index (χ1v) is 24.3. The summed E-state index contributed by atoms with van der Waals surface area (Å²) in [6, 6.07) is 94.3. The van der Waals surface area contributed by atoms with Crippen molar-refractivity contribution in [2.24, 2.45) is 0 Å². The standard InChI is InChI=1S/C61H48N2Si/c1-61(2)56-39-18-17-38-55(56)60-57(61)40-22-42-59(60)63(47-27-9-4-10-28-47)49-30-21-36-53(44-49)64(50-31-11-5-12-32-50,51-33-13-6-14-34-51)52-35-20-29-48(43-52)62(46-25-7-3-8-26-46)58-41-19-24-45-23-15-16-37-54(45)58/h3-44H,1-2H3. The van der Waals surface area contributed by atoms with E-state index in [4.69, 9.17) is 0 Å². The molecule has 10 aromatic carbocycles. The molecule has 0 saturated heterocycles. The Morgan fingerprint density at radius 1 is 0.328 bits per heavy atom. The van der Waals surface area contributed by atoms with Crippen LogP contribution in [0.4, 0.5) is 34.1 Å². The lowest BCUT2D eigenvalue weighted by Crippen LogP contribution is -2.74. The summed E-state index contributed by atoms with van der Waals surface area (Å²) >= 11 is 0. The third-order valence-corrected chi connectivity index (χ3v) is 18.1. The highest BCUT2D eigenvalue weighted by Gasteiger charge is 2.43. The Hall–Kier alpha value is -7.72. The van der Waals surface area contributed by atoms with Gasteiger partial charge in [-0.15, -0.1) is 0 Å². The molecule has 1 aliphatic carbocycles. The van der Waals surface area contributed by atoms with Crippen molar-refractivity contribution >= 4 is 73.7 Å². The first-order valence-electron chi connectivity index (χ1n) is 22.3. The predicted molar refractivity (Wildman–Crippen MR) is 274 cm³/mol. The van der Waals surface area contributed by atoms with Crippen LogP contribution in [0.1, 0.15) is 25.0 Å². The van der Waals surface area contributed by atoms with Gasteiger partial charge in [-0.05, 0) is 103 Å². The molecule has 0 aromatic heterocycles. The normalized spacial score (nSPS) is 12.7. The lowest BCUT2D eigenvalue weighted by atomic mass is 9.82. The summed E-state index contributed by atoms with van der Waals surface area (Å²) in [6.45, 7) is 4.73.